The number of rotatable bonds is 10. The number of aliphatic hydroxyl groups excluding tert-OH is 1. The van der Waals surface area contributed by atoms with Gasteiger partial charge in [-0.05, 0) is 40.9 Å². The predicted molar refractivity (Wildman–Crippen MR) is 121 cm³/mol. The van der Waals surface area contributed by atoms with E-state index >= 15 is 0 Å². The second-order valence-electron chi connectivity index (χ2n) is 12.2. The van der Waals surface area contributed by atoms with Gasteiger partial charge in [-0.25, -0.2) is 0 Å². The van der Waals surface area contributed by atoms with Crippen LogP contribution >= 0.6 is 0 Å². The standard InChI is InChI=1S/C24H48N2O3/c1-12-16(27)15-26-20(29)18(22(5,6)7)14-24(10,11)23(8,9)13-17(19(25)28)21(2,3)4/h16-18,27H,12-15H2,1-11H3,(H2,25,28)(H,26,29). The number of carbonyl (C=O) groups is 2. The lowest BCUT2D eigenvalue weighted by atomic mass is 9.56. The third-order valence-electron chi connectivity index (χ3n) is 6.99. The molecular weight excluding hydrogens is 364 g/mol. The van der Waals surface area contributed by atoms with Gasteiger partial charge < -0.3 is 16.2 Å². The summed E-state index contributed by atoms with van der Waals surface area (Å²) in [6, 6.07) is 0. The van der Waals surface area contributed by atoms with Crippen molar-refractivity contribution in [1.29, 1.82) is 0 Å². The normalized spacial score (nSPS) is 16.8. The molecule has 5 heteroatoms. The van der Waals surface area contributed by atoms with Crippen LogP contribution < -0.4 is 11.1 Å². The van der Waals surface area contributed by atoms with Crippen molar-refractivity contribution in [1.82, 2.24) is 5.32 Å². The van der Waals surface area contributed by atoms with Crippen molar-refractivity contribution in [3.63, 3.8) is 0 Å². The van der Waals surface area contributed by atoms with Gasteiger partial charge in [-0.3, -0.25) is 9.59 Å². The molecule has 0 heterocycles. The maximum absolute atomic E-state index is 13.0. The molecular formula is C24H48N2O3. The van der Waals surface area contributed by atoms with E-state index in [2.05, 4.69) is 74.6 Å². The molecule has 0 aliphatic heterocycles. The number of amides is 2. The first kappa shape index (κ1) is 27.9. The third-order valence-corrected chi connectivity index (χ3v) is 6.99. The fraction of sp³-hybridized carbons (Fsp3) is 0.917. The van der Waals surface area contributed by atoms with Crippen LogP contribution in [0.2, 0.25) is 0 Å². The highest BCUT2D eigenvalue weighted by Crippen LogP contribution is 2.51. The zero-order chi connectivity index (χ0) is 23.4. The van der Waals surface area contributed by atoms with Crippen molar-refractivity contribution in [3.05, 3.63) is 0 Å². The monoisotopic (exact) mass is 412 g/mol. The quantitative estimate of drug-likeness (QED) is 0.492. The number of hydrogen-bond acceptors (Lipinski definition) is 3. The Hall–Kier alpha value is -1.10. The lowest BCUT2D eigenvalue weighted by molar-refractivity contribution is -0.133. The van der Waals surface area contributed by atoms with Crippen LogP contribution in [0.5, 0.6) is 0 Å². The highest BCUT2D eigenvalue weighted by molar-refractivity contribution is 5.79. The van der Waals surface area contributed by atoms with E-state index in [0.717, 1.165) is 0 Å². The molecule has 0 fully saturated rings. The molecule has 4 N–H and O–H groups in total. The fourth-order valence-corrected chi connectivity index (χ4v) is 3.68. The molecule has 172 valence electrons. The minimum absolute atomic E-state index is 0.0175. The molecule has 0 radical (unpaired) electrons. The zero-order valence-electron chi connectivity index (χ0n) is 20.9. The first-order valence-electron chi connectivity index (χ1n) is 11.0. The molecule has 0 spiro atoms. The molecule has 3 unspecified atom stereocenters. The third kappa shape index (κ3) is 8.27. The number of aliphatic hydroxyl groups is 1. The molecule has 29 heavy (non-hydrogen) atoms. The Kier molecular flexibility index (Phi) is 9.43. The first-order valence-corrected chi connectivity index (χ1v) is 11.0. The van der Waals surface area contributed by atoms with Crippen molar-refractivity contribution in [2.75, 3.05) is 6.54 Å². The maximum atomic E-state index is 13.0. The van der Waals surface area contributed by atoms with Crippen LogP contribution in [0.15, 0.2) is 0 Å². The van der Waals surface area contributed by atoms with Crippen molar-refractivity contribution in [2.45, 2.75) is 102 Å². The first-order chi connectivity index (χ1) is 12.8. The zero-order valence-corrected chi connectivity index (χ0v) is 20.9. The highest BCUT2D eigenvalue weighted by atomic mass is 16.3. The van der Waals surface area contributed by atoms with Gasteiger partial charge in [-0.15, -0.1) is 0 Å². The lowest BCUT2D eigenvalue weighted by Gasteiger charge is -2.48. The van der Waals surface area contributed by atoms with Crippen LogP contribution in [0.25, 0.3) is 0 Å². The van der Waals surface area contributed by atoms with E-state index < -0.39 is 6.10 Å². The van der Waals surface area contributed by atoms with Crippen LogP contribution in [0.4, 0.5) is 0 Å². The molecule has 3 atom stereocenters. The van der Waals surface area contributed by atoms with Crippen LogP contribution in [-0.4, -0.2) is 29.6 Å². The van der Waals surface area contributed by atoms with Gasteiger partial charge in [0.25, 0.3) is 0 Å². The van der Waals surface area contributed by atoms with Gasteiger partial charge in [0.2, 0.25) is 11.8 Å². The van der Waals surface area contributed by atoms with Gasteiger partial charge in [-0.1, -0.05) is 76.2 Å². The Balaban J connectivity index is 5.64. The highest BCUT2D eigenvalue weighted by Gasteiger charge is 2.46. The molecule has 0 aliphatic rings. The van der Waals surface area contributed by atoms with Crippen molar-refractivity contribution in [3.8, 4) is 0 Å². The van der Waals surface area contributed by atoms with Gasteiger partial charge in [0.1, 0.15) is 0 Å². The summed E-state index contributed by atoms with van der Waals surface area (Å²) < 4.78 is 0. The van der Waals surface area contributed by atoms with E-state index in [0.29, 0.717) is 19.3 Å². The topological polar surface area (TPSA) is 92.4 Å². The summed E-state index contributed by atoms with van der Waals surface area (Å²) in [5.74, 6) is -0.725. The van der Waals surface area contributed by atoms with Crippen LogP contribution in [-0.2, 0) is 9.59 Å². The molecule has 0 saturated heterocycles. The second kappa shape index (κ2) is 9.80. The Morgan fingerprint density at radius 1 is 0.828 bits per heavy atom. The summed E-state index contributed by atoms with van der Waals surface area (Å²) in [4.78, 5) is 25.2. The summed E-state index contributed by atoms with van der Waals surface area (Å²) in [6.07, 6.45) is 1.45. The van der Waals surface area contributed by atoms with E-state index in [1.165, 1.54) is 0 Å². The van der Waals surface area contributed by atoms with Crippen molar-refractivity contribution in [2.24, 2.45) is 39.2 Å². The van der Waals surface area contributed by atoms with Gasteiger partial charge in [0.15, 0.2) is 0 Å². The Bertz CT molecular complexity index is 553. The van der Waals surface area contributed by atoms with E-state index in [1.54, 1.807) is 0 Å². The molecule has 5 nitrogen and oxygen atoms in total. The number of hydrogen-bond donors (Lipinski definition) is 3. The average Bonchev–Trinajstić information content (AvgIpc) is 2.52. The van der Waals surface area contributed by atoms with E-state index in [1.807, 2.05) is 6.92 Å². The average molecular weight is 413 g/mol. The number of nitrogens with one attached hydrogen (secondary N) is 1. The fourth-order valence-electron chi connectivity index (χ4n) is 3.68. The van der Waals surface area contributed by atoms with Crippen molar-refractivity contribution < 1.29 is 14.7 Å². The Morgan fingerprint density at radius 2 is 1.21 bits per heavy atom. The van der Waals surface area contributed by atoms with Crippen molar-refractivity contribution >= 4 is 11.8 Å². The lowest BCUT2D eigenvalue weighted by Crippen LogP contribution is -2.47. The van der Waals surface area contributed by atoms with Gasteiger partial charge >= 0.3 is 0 Å². The minimum atomic E-state index is -0.521. The molecule has 0 bridgehead atoms. The number of carbonyl (C=O) groups excluding carboxylic acids is 2. The molecule has 0 aromatic heterocycles. The van der Waals surface area contributed by atoms with Gasteiger partial charge in [0, 0.05) is 18.4 Å². The van der Waals surface area contributed by atoms with E-state index in [-0.39, 0.29) is 51.9 Å². The summed E-state index contributed by atoms with van der Waals surface area (Å²) in [7, 11) is 0. The maximum Gasteiger partial charge on any atom is 0.223 e. The summed E-state index contributed by atoms with van der Waals surface area (Å²) >= 11 is 0. The number of nitrogens with two attached hydrogens (primary N) is 1. The SMILES string of the molecule is CCC(O)CNC(=O)C(CC(C)(C)C(C)(C)CC(C(N)=O)C(C)(C)C)C(C)(C)C. The van der Waals surface area contributed by atoms with E-state index in [9.17, 15) is 14.7 Å². The summed E-state index contributed by atoms with van der Waals surface area (Å²) in [5, 5.41) is 12.8. The van der Waals surface area contributed by atoms with Gasteiger partial charge in [0.05, 0.1) is 6.10 Å². The minimum Gasteiger partial charge on any atom is -0.391 e. The molecule has 0 aliphatic carbocycles. The summed E-state index contributed by atoms with van der Waals surface area (Å²) in [6.45, 7) is 23.3. The largest absolute Gasteiger partial charge is 0.391 e. The molecule has 2 amide bonds. The van der Waals surface area contributed by atoms with Crippen LogP contribution in [0.1, 0.15) is 95.4 Å². The van der Waals surface area contributed by atoms with E-state index in [4.69, 9.17) is 5.73 Å². The Labute approximate surface area is 179 Å². The summed E-state index contributed by atoms with van der Waals surface area (Å²) in [5.41, 5.74) is 4.91. The predicted octanol–water partition coefficient (Wildman–Crippen LogP) is 4.52. The molecule has 0 rings (SSSR count). The van der Waals surface area contributed by atoms with Crippen LogP contribution in [0, 0.1) is 33.5 Å². The Morgan fingerprint density at radius 3 is 1.52 bits per heavy atom. The number of primary amides is 1. The van der Waals surface area contributed by atoms with Crippen LogP contribution in [0.3, 0.4) is 0 Å². The molecule has 0 aromatic rings. The van der Waals surface area contributed by atoms with Gasteiger partial charge in [-0.2, -0.15) is 0 Å². The smallest absolute Gasteiger partial charge is 0.223 e. The molecule has 0 saturated carbocycles. The second-order valence-corrected chi connectivity index (χ2v) is 12.2. The molecule has 0 aromatic carbocycles.